The predicted octanol–water partition coefficient (Wildman–Crippen LogP) is 0.536. The van der Waals surface area contributed by atoms with Gasteiger partial charge in [0.15, 0.2) is 0 Å². The Hall–Kier alpha value is -0.670. The molecular formula is C7H13NO3S. The molecule has 0 rings (SSSR count). The Bertz CT molecular complexity index is 286. The second kappa shape index (κ2) is 3.83. The highest BCUT2D eigenvalue weighted by Crippen LogP contribution is 2.13. The molecule has 0 spiro atoms. The van der Waals surface area contributed by atoms with Gasteiger partial charge in [0.1, 0.15) is 9.84 Å². The molecule has 0 aromatic carbocycles. The van der Waals surface area contributed by atoms with E-state index >= 15 is 0 Å². The van der Waals surface area contributed by atoms with E-state index in [0.29, 0.717) is 6.42 Å². The summed E-state index contributed by atoms with van der Waals surface area (Å²) in [5, 5.41) is 0. The average molecular weight is 191 g/mol. The van der Waals surface area contributed by atoms with Crippen LogP contribution in [0.25, 0.3) is 0 Å². The Morgan fingerprint density at radius 1 is 1.42 bits per heavy atom. The standard InChI is InChI=1S/C7H13NO3S/c1-7(2,8-6-9)4-5-12(3,10)11/h4-5H2,1-3H3. The Balaban J connectivity index is 4.19. The fraction of sp³-hybridized carbons (Fsp3) is 0.857. The van der Waals surface area contributed by atoms with Crippen molar-refractivity contribution in [2.45, 2.75) is 25.8 Å². The van der Waals surface area contributed by atoms with Crippen LogP contribution < -0.4 is 0 Å². The smallest absolute Gasteiger partial charge is 0.229 e. The third kappa shape index (κ3) is 6.07. The highest BCUT2D eigenvalue weighted by molar-refractivity contribution is 7.90. The molecular weight excluding hydrogens is 178 g/mol. The minimum atomic E-state index is -2.97. The predicted molar refractivity (Wildman–Crippen MR) is 46.5 cm³/mol. The number of nitrogens with zero attached hydrogens (tertiary/aromatic N) is 1. The van der Waals surface area contributed by atoms with Crippen molar-refractivity contribution in [1.29, 1.82) is 0 Å². The van der Waals surface area contributed by atoms with Gasteiger partial charge in [0.2, 0.25) is 6.08 Å². The van der Waals surface area contributed by atoms with Crippen molar-refractivity contribution in [3.8, 4) is 0 Å². The summed E-state index contributed by atoms with van der Waals surface area (Å²) in [5.41, 5.74) is -0.620. The van der Waals surface area contributed by atoms with E-state index in [0.717, 1.165) is 6.26 Å². The molecule has 0 aromatic rings. The van der Waals surface area contributed by atoms with Crippen molar-refractivity contribution in [2.24, 2.45) is 4.99 Å². The van der Waals surface area contributed by atoms with E-state index in [4.69, 9.17) is 0 Å². The van der Waals surface area contributed by atoms with E-state index in [1.165, 1.54) is 6.08 Å². The topological polar surface area (TPSA) is 63.6 Å². The zero-order valence-electron chi connectivity index (χ0n) is 7.49. The fourth-order valence-corrected chi connectivity index (χ4v) is 1.48. The van der Waals surface area contributed by atoms with Crippen LogP contribution >= 0.6 is 0 Å². The lowest BCUT2D eigenvalue weighted by Gasteiger charge is -2.15. The van der Waals surface area contributed by atoms with Gasteiger partial charge in [-0.15, -0.1) is 0 Å². The first-order valence-electron chi connectivity index (χ1n) is 3.54. The second-order valence-electron chi connectivity index (χ2n) is 3.40. The normalized spacial score (nSPS) is 12.2. The summed E-state index contributed by atoms with van der Waals surface area (Å²) in [5.74, 6) is 0.0468. The molecule has 0 amide bonds. The van der Waals surface area contributed by atoms with Crippen LogP contribution in [-0.4, -0.2) is 32.0 Å². The van der Waals surface area contributed by atoms with Crippen LogP contribution in [0.2, 0.25) is 0 Å². The molecule has 0 unspecified atom stereocenters. The van der Waals surface area contributed by atoms with Crippen LogP contribution in [-0.2, 0) is 14.6 Å². The van der Waals surface area contributed by atoms with Crippen molar-refractivity contribution < 1.29 is 13.2 Å². The number of rotatable bonds is 4. The molecule has 0 saturated carbocycles. The second-order valence-corrected chi connectivity index (χ2v) is 5.66. The van der Waals surface area contributed by atoms with Crippen molar-refractivity contribution >= 4 is 15.9 Å². The first-order chi connectivity index (χ1) is 5.27. The molecule has 0 radical (unpaired) electrons. The number of carbonyl (C=O) groups excluding carboxylic acids is 1. The molecule has 12 heavy (non-hydrogen) atoms. The Labute approximate surface area is 72.6 Å². The van der Waals surface area contributed by atoms with E-state index in [9.17, 15) is 13.2 Å². The minimum absolute atomic E-state index is 0.0468. The Kier molecular flexibility index (Phi) is 3.61. The Morgan fingerprint density at radius 3 is 2.25 bits per heavy atom. The maximum Gasteiger partial charge on any atom is 0.235 e. The number of hydrogen-bond donors (Lipinski definition) is 0. The van der Waals surface area contributed by atoms with Gasteiger partial charge in [0.05, 0.1) is 11.3 Å². The highest BCUT2D eigenvalue weighted by atomic mass is 32.2. The molecule has 0 atom stereocenters. The van der Waals surface area contributed by atoms with Crippen LogP contribution in [0.15, 0.2) is 4.99 Å². The molecule has 0 aliphatic carbocycles. The van der Waals surface area contributed by atoms with Crippen LogP contribution in [0.5, 0.6) is 0 Å². The van der Waals surface area contributed by atoms with Gasteiger partial charge in [-0.2, -0.15) is 4.99 Å². The summed E-state index contributed by atoms with van der Waals surface area (Å²) in [6, 6.07) is 0. The van der Waals surface area contributed by atoms with Crippen molar-refractivity contribution in [3.63, 3.8) is 0 Å². The van der Waals surface area contributed by atoms with E-state index in [2.05, 4.69) is 4.99 Å². The van der Waals surface area contributed by atoms with Gasteiger partial charge < -0.3 is 0 Å². The third-order valence-corrected chi connectivity index (χ3v) is 2.38. The molecule has 4 nitrogen and oxygen atoms in total. The van der Waals surface area contributed by atoms with Crippen molar-refractivity contribution in [1.82, 2.24) is 0 Å². The molecule has 0 N–H and O–H groups in total. The lowest BCUT2D eigenvalue weighted by Crippen LogP contribution is -2.21. The molecule has 0 saturated heterocycles. The molecule has 0 aliphatic rings. The quantitative estimate of drug-likeness (QED) is 0.481. The maximum atomic E-state index is 10.7. The van der Waals surface area contributed by atoms with Crippen molar-refractivity contribution in [3.05, 3.63) is 0 Å². The third-order valence-electron chi connectivity index (χ3n) is 1.43. The summed E-state index contributed by atoms with van der Waals surface area (Å²) in [6.07, 6.45) is 2.93. The monoisotopic (exact) mass is 191 g/mol. The maximum absolute atomic E-state index is 10.7. The fourth-order valence-electron chi connectivity index (χ4n) is 0.615. The van der Waals surface area contributed by atoms with Crippen LogP contribution in [0.3, 0.4) is 0 Å². The average Bonchev–Trinajstić information content (AvgIpc) is 1.83. The lowest BCUT2D eigenvalue weighted by atomic mass is 10.0. The molecule has 0 heterocycles. The number of hydrogen-bond acceptors (Lipinski definition) is 4. The SMILES string of the molecule is CC(C)(CCS(C)(=O)=O)N=C=O. The van der Waals surface area contributed by atoms with E-state index in [-0.39, 0.29) is 5.75 Å². The van der Waals surface area contributed by atoms with Gasteiger partial charge in [-0.3, -0.25) is 0 Å². The van der Waals surface area contributed by atoms with E-state index in [1.807, 2.05) is 0 Å². The minimum Gasteiger partial charge on any atom is -0.229 e. The largest absolute Gasteiger partial charge is 0.235 e. The Morgan fingerprint density at radius 2 is 1.92 bits per heavy atom. The summed E-state index contributed by atoms with van der Waals surface area (Å²) in [4.78, 5) is 13.4. The summed E-state index contributed by atoms with van der Waals surface area (Å²) >= 11 is 0. The van der Waals surface area contributed by atoms with Gasteiger partial charge in [0, 0.05) is 6.26 Å². The summed E-state index contributed by atoms with van der Waals surface area (Å²) in [6.45, 7) is 3.40. The first kappa shape index (κ1) is 11.3. The van der Waals surface area contributed by atoms with Crippen LogP contribution in [0.4, 0.5) is 0 Å². The zero-order valence-corrected chi connectivity index (χ0v) is 8.31. The van der Waals surface area contributed by atoms with Crippen LogP contribution in [0.1, 0.15) is 20.3 Å². The molecule has 5 heteroatoms. The molecule has 70 valence electrons. The molecule has 0 fully saturated rings. The van der Waals surface area contributed by atoms with Crippen LogP contribution in [0, 0.1) is 0 Å². The van der Waals surface area contributed by atoms with Gasteiger partial charge in [-0.1, -0.05) is 0 Å². The highest BCUT2D eigenvalue weighted by Gasteiger charge is 2.18. The summed E-state index contributed by atoms with van der Waals surface area (Å²) in [7, 11) is -2.97. The van der Waals surface area contributed by atoms with Gasteiger partial charge in [-0.25, -0.2) is 13.2 Å². The van der Waals surface area contributed by atoms with Gasteiger partial charge in [0.25, 0.3) is 0 Å². The molecule has 0 aromatic heterocycles. The lowest BCUT2D eigenvalue weighted by molar-refractivity contribution is 0.486. The van der Waals surface area contributed by atoms with Crippen molar-refractivity contribution in [2.75, 3.05) is 12.0 Å². The molecule has 0 aliphatic heterocycles. The van der Waals surface area contributed by atoms with Gasteiger partial charge >= 0.3 is 0 Å². The van der Waals surface area contributed by atoms with E-state index < -0.39 is 15.4 Å². The number of sulfone groups is 1. The zero-order chi connectivity index (χ0) is 9.83. The van der Waals surface area contributed by atoms with Gasteiger partial charge in [-0.05, 0) is 20.3 Å². The molecule has 0 bridgehead atoms. The first-order valence-corrected chi connectivity index (χ1v) is 5.60. The summed E-state index contributed by atoms with van der Waals surface area (Å²) < 4.78 is 21.5. The number of aliphatic imine (C=N–C) groups is 1. The van der Waals surface area contributed by atoms with E-state index in [1.54, 1.807) is 13.8 Å². The number of isocyanates is 1.